The number of carbonyl (C=O) groups is 1. The van der Waals surface area contributed by atoms with Crippen LogP contribution < -0.4 is 4.74 Å². The zero-order chi connectivity index (χ0) is 16.1. The highest BCUT2D eigenvalue weighted by Crippen LogP contribution is 2.27. The third-order valence-corrected chi connectivity index (χ3v) is 5.40. The molecule has 1 aromatic rings. The van der Waals surface area contributed by atoms with Gasteiger partial charge in [0.1, 0.15) is 5.75 Å². The van der Waals surface area contributed by atoms with Crippen LogP contribution in [-0.2, 0) is 4.79 Å². The van der Waals surface area contributed by atoms with E-state index in [1.165, 1.54) is 0 Å². The van der Waals surface area contributed by atoms with Crippen molar-refractivity contribution in [1.82, 2.24) is 9.80 Å². The van der Waals surface area contributed by atoms with E-state index in [-0.39, 0.29) is 11.2 Å². The first-order valence-corrected chi connectivity index (χ1v) is 8.65. The van der Waals surface area contributed by atoms with Crippen LogP contribution in [0.2, 0.25) is 0 Å². The smallest absolute Gasteiger partial charge is 0.235 e. The normalized spacial score (nSPS) is 18.0. The number of benzene rings is 1. The highest BCUT2D eigenvalue weighted by atomic mass is 32.2. The van der Waals surface area contributed by atoms with Crippen LogP contribution in [0.25, 0.3) is 0 Å². The second-order valence-corrected chi connectivity index (χ2v) is 7.33. The SMILES string of the molecule is COc1ccc(S[C@H](C)C(=O)N(C)C2CCN(C)CC2)cc1. The van der Waals surface area contributed by atoms with E-state index < -0.39 is 0 Å². The predicted molar refractivity (Wildman–Crippen MR) is 91.6 cm³/mol. The number of hydrogen-bond acceptors (Lipinski definition) is 4. The molecule has 1 atom stereocenters. The standard InChI is InChI=1S/C17H26N2O2S/c1-13(22-16-7-5-15(21-4)6-8-16)17(20)19(3)14-9-11-18(2)12-10-14/h5-8,13-14H,9-12H2,1-4H3/t13-/m1/s1. The molecule has 0 aromatic heterocycles. The molecule has 1 heterocycles. The summed E-state index contributed by atoms with van der Waals surface area (Å²) in [7, 11) is 5.74. The van der Waals surface area contributed by atoms with Crippen molar-refractivity contribution in [3.05, 3.63) is 24.3 Å². The molecule has 1 aromatic carbocycles. The Hall–Kier alpha value is -1.20. The summed E-state index contributed by atoms with van der Waals surface area (Å²) in [4.78, 5) is 18.0. The van der Waals surface area contributed by atoms with Crippen LogP contribution in [0.3, 0.4) is 0 Å². The number of hydrogen-bond donors (Lipinski definition) is 0. The van der Waals surface area contributed by atoms with Crippen molar-refractivity contribution >= 4 is 17.7 Å². The summed E-state index contributed by atoms with van der Waals surface area (Å²) in [6, 6.07) is 8.24. The van der Waals surface area contributed by atoms with Gasteiger partial charge in [-0.1, -0.05) is 0 Å². The number of methoxy groups -OCH3 is 1. The third kappa shape index (κ3) is 4.40. The van der Waals surface area contributed by atoms with Gasteiger partial charge in [0, 0.05) is 18.0 Å². The number of carbonyl (C=O) groups excluding carboxylic acids is 1. The van der Waals surface area contributed by atoms with E-state index >= 15 is 0 Å². The van der Waals surface area contributed by atoms with Crippen molar-refractivity contribution in [3.63, 3.8) is 0 Å². The molecule has 0 bridgehead atoms. The van der Waals surface area contributed by atoms with Crippen LogP contribution in [0.15, 0.2) is 29.2 Å². The third-order valence-electron chi connectivity index (χ3n) is 4.30. The summed E-state index contributed by atoms with van der Waals surface area (Å²) in [5.41, 5.74) is 0. The maximum Gasteiger partial charge on any atom is 0.235 e. The maximum absolute atomic E-state index is 12.6. The average Bonchev–Trinajstić information content (AvgIpc) is 2.55. The fourth-order valence-electron chi connectivity index (χ4n) is 2.76. The lowest BCUT2D eigenvalue weighted by Crippen LogP contribution is -2.46. The number of ether oxygens (including phenoxy) is 1. The van der Waals surface area contributed by atoms with Crippen LogP contribution in [0.5, 0.6) is 5.75 Å². The molecule has 0 spiro atoms. The molecule has 0 N–H and O–H groups in total. The number of likely N-dealkylation sites (tertiary alicyclic amines) is 1. The maximum atomic E-state index is 12.6. The summed E-state index contributed by atoms with van der Waals surface area (Å²) in [6.45, 7) is 4.13. The monoisotopic (exact) mass is 322 g/mol. The molecule has 2 rings (SSSR count). The van der Waals surface area contributed by atoms with E-state index in [9.17, 15) is 4.79 Å². The van der Waals surface area contributed by atoms with Gasteiger partial charge in [-0.15, -0.1) is 11.8 Å². The molecular weight excluding hydrogens is 296 g/mol. The van der Waals surface area contributed by atoms with Crippen LogP contribution in [0.4, 0.5) is 0 Å². The van der Waals surface area contributed by atoms with Crippen molar-refractivity contribution in [2.45, 2.75) is 36.0 Å². The molecule has 0 saturated carbocycles. The number of nitrogens with zero attached hydrogens (tertiary/aromatic N) is 2. The van der Waals surface area contributed by atoms with Crippen molar-refractivity contribution in [1.29, 1.82) is 0 Å². The summed E-state index contributed by atoms with van der Waals surface area (Å²) in [5.74, 6) is 1.06. The van der Waals surface area contributed by atoms with Crippen molar-refractivity contribution in [2.75, 3.05) is 34.3 Å². The minimum Gasteiger partial charge on any atom is -0.497 e. The first kappa shape index (κ1) is 17.2. The van der Waals surface area contributed by atoms with Gasteiger partial charge in [0.15, 0.2) is 0 Å². The molecule has 0 aliphatic carbocycles. The van der Waals surface area contributed by atoms with Crippen LogP contribution in [-0.4, -0.2) is 61.3 Å². The predicted octanol–water partition coefficient (Wildman–Crippen LogP) is 2.73. The minimum absolute atomic E-state index is 0.0712. The van der Waals surface area contributed by atoms with Crippen LogP contribution >= 0.6 is 11.8 Å². The van der Waals surface area contributed by atoms with Crippen LogP contribution in [0, 0.1) is 0 Å². The first-order valence-electron chi connectivity index (χ1n) is 7.77. The number of amides is 1. The van der Waals surface area contributed by atoms with Crippen molar-refractivity contribution in [2.24, 2.45) is 0 Å². The van der Waals surface area contributed by atoms with Crippen LogP contribution in [0.1, 0.15) is 19.8 Å². The van der Waals surface area contributed by atoms with E-state index in [0.717, 1.165) is 36.6 Å². The molecule has 1 aliphatic rings. The molecule has 5 heteroatoms. The average molecular weight is 322 g/mol. The number of piperidine rings is 1. The molecule has 1 amide bonds. The first-order chi connectivity index (χ1) is 10.5. The second-order valence-electron chi connectivity index (χ2n) is 5.92. The van der Waals surface area contributed by atoms with E-state index in [1.807, 2.05) is 43.1 Å². The van der Waals surface area contributed by atoms with Gasteiger partial charge in [0.25, 0.3) is 0 Å². The molecule has 1 saturated heterocycles. The molecule has 1 fully saturated rings. The quantitative estimate of drug-likeness (QED) is 0.781. The summed E-state index contributed by atoms with van der Waals surface area (Å²) in [5, 5.41) is -0.0712. The summed E-state index contributed by atoms with van der Waals surface area (Å²) < 4.78 is 5.16. The largest absolute Gasteiger partial charge is 0.497 e. The molecule has 0 unspecified atom stereocenters. The molecule has 122 valence electrons. The number of thioether (sulfide) groups is 1. The summed E-state index contributed by atoms with van der Waals surface area (Å²) in [6.07, 6.45) is 2.14. The highest BCUT2D eigenvalue weighted by Gasteiger charge is 2.27. The Balaban J connectivity index is 1.90. The molecule has 22 heavy (non-hydrogen) atoms. The van der Waals surface area contributed by atoms with E-state index in [0.29, 0.717) is 6.04 Å². The fraction of sp³-hybridized carbons (Fsp3) is 0.588. The highest BCUT2D eigenvalue weighted by molar-refractivity contribution is 8.00. The summed E-state index contributed by atoms with van der Waals surface area (Å²) >= 11 is 1.61. The Labute approximate surface area is 137 Å². The second kappa shape index (κ2) is 7.88. The van der Waals surface area contributed by atoms with Gasteiger partial charge in [0.2, 0.25) is 5.91 Å². The molecule has 0 radical (unpaired) electrons. The Morgan fingerprint density at radius 3 is 2.45 bits per heavy atom. The van der Waals surface area contributed by atoms with Gasteiger partial charge >= 0.3 is 0 Å². The Morgan fingerprint density at radius 1 is 1.32 bits per heavy atom. The lowest BCUT2D eigenvalue weighted by atomic mass is 10.0. The lowest BCUT2D eigenvalue weighted by molar-refractivity contribution is -0.131. The van der Waals surface area contributed by atoms with Crippen molar-refractivity contribution < 1.29 is 9.53 Å². The minimum atomic E-state index is -0.0712. The van der Waals surface area contributed by atoms with E-state index in [1.54, 1.807) is 18.9 Å². The van der Waals surface area contributed by atoms with Gasteiger partial charge in [-0.05, 0) is 64.2 Å². The Morgan fingerprint density at radius 2 is 1.91 bits per heavy atom. The Kier molecular flexibility index (Phi) is 6.15. The molecular formula is C17H26N2O2S. The molecule has 4 nitrogen and oxygen atoms in total. The fourth-order valence-corrected chi connectivity index (χ4v) is 3.73. The van der Waals surface area contributed by atoms with E-state index in [2.05, 4.69) is 11.9 Å². The number of rotatable bonds is 5. The van der Waals surface area contributed by atoms with Gasteiger partial charge < -0.3 is 14.5 Å². The van der Waals surface area contributed by atoms with E-state index in [4.69, 9.17) is 4.74 Å². The zero-order valence-electron chi connectivity index (χ0n) is 13.9. The van der Waals surface area contributed by atoms with Crippen molar-refractivity contribution in [3.8, 4) is 5.75 Å². The topological polar surface area (TPSA) is 32.8 Å². The zero-order valence-corrected chi connectivity index (χ0v) is 14.7. The van der Waals surface area contributed by atoms with Gasteiger partial charge in [0.05, 0.1) is 12.4 Å². The lowest BCUT2D eigenvalue weighted by Gasteiger charge is -2.36. The molecule has 1 aliphatic heterocycles. The van der Waals surface area contributed by atoms with Gasteiger partial charge in [-0.25, -0.2) is 0 Å². The van der Waals surface area contributed by atoms with Gasteiger partial charge in [-0.2, -0.15) is 0 Å². The Bertz CT molecular complexity index is 484. The van der Waals surface area contributed by atoms with Gasteiger partial charge in [-0.3, -0.25) is 4.79 Å².